The van der Waals surface area contributed by atoms with Crippen LogP contribution in [-0.4, -0.2) is 11.7 Å². The highest BCUT2D eigenvalue weighted by atomic mass is 16.3. The summed E-state index contributed by atoms with van der Waals surface area (Å²) < 4.78 is 0. The van der Waals surface area contributed by atoms with Crippen molar-refractivity contribution in [2.45, 2.75) is 34.1 Å². The first-order valence-corrected chi connectivity index (χ1v) is 3.74. The average Bonchev–Trinajstić information content (AvgIpc) is 1.87. The molecule has 10 heavy (non-hydrogen) atoms. The third-order valence-electron chi connectivity index (χ3n) is 1.68. The molecule has 60 valence electrons. The third-order valence-corrected chi connectivity index (χ3v) is 1.68. The lowest BCUT2D eigenvalue weighted by Gasteiger charge is -2.21. The molecule has 1 nitrogen and oxygen atoms in total. The Morgan fingerprint density at radius 3 is 2.30 bits per heavy atom. The molecule has 0 amide bonds. The van der Waals surface area contributed by atoms with E-state index in [-0.39, 0.29) is 12.0 Å². The summed E-state index contributed by atoms with van der Waals surface area (Å²) >= 11 is 0. The Bertz CT molecular complexity index is 123. The van der Waals surface area contributed by atoms with E-state index in [1.165, 1.54) is 5.57 Å². The molecule has 0 aromatic rings. The van der Waals surface area contributed by atoms with E-state index in [4.69, 9.17) is 5.11 Å². The average molecular weight is 142 g/mol. The van der Waals surface area contributed by atoms with E-state index >= 15 is 0 Å². The van der Waals surface area contributed by atoms with Gasteiger partial charge in [-0.2, -0.15) is 0 Å². The first-order valence-electron chi connectivity index (χ1n) is 3.74. The Morgan fingerprint density at radius 2 is 2.00 bits per heavy atom. The highest BCUT2D eigenvalue weighted by Crippen LogP contribution is 2.23. The molecule has 0 bridgehead atoms. The van der Waals surface area contributed by atoms with Gasteiger partial charge in [0.05, 0.1) is 0 Å². The molecule has 0 aliphatic rings. The first kappa shape index (κ1) is 9.70. The van der Waals surface area contributed by atoms with Crippen molar-refractivity contribution in [2.24, 2.45) is 5.41 Å². The van der Waals surface area contributed by atoms with Gasteiger partial charge in [-0.1, -0.05) is 25.5 Å². The fourth-order valence-electron chi connectivity index (χ4n) is 0.913. The van der Waals surface area contributed by atoms with Crippen LogP contribution in [0.25, 0.3) is 0 Å². The fourth-order valence-corrected chi connectivity index (χ4v) is 0.913. The third kappa shape index (κ3) is 3.67. The van der Waals surface area contributed by atoms with Crippen molar-refractivity contribution < 1.29 is 5.11 Å². The zero-order valence-corrected chi connectivity index (χ0v) is 7.44. The maximum absolute atomic E-state index is 8.91. The zero-order valence-electron chi connectivity index (χ0n) is 7.44. The van der Waals surface area contributed by atoms with Crippen LogP contribution in [-0.2, 0) is 0 Å². The maximum atomic E-state index is 8.91. The minimum atomic E-state index is 0.0522. The van der Waals surface area contributed by atoms with Gasteiger partial charge in [-0.25, -0.2) is 0 Å². The van der Waals surface area contributed by atoms with Crippen molar-refractivity contribution in [3.8, 4) is 0 Å². The number of rotatable bonds is 3. The molecule has 0 rings (SSSR count). The molecular weight excluding hydrogens is 124 g/mol. The minimum Gasteiger partial charge on any atom is -0.396 e. The quantitative estimate of drug-likeness (QED) is 0.600. The highest BCUT2D eigenvalue weighted by Gasteiger charge is 2.15. The van der Waals surface area contributed by atoms with Crippen molar-refractivity contribution in [1.29, 1.82) is 0 Å². The van der Waals surface area contributed by atoms with E-state index in [0.717, 1.165) is 6.42 Å². The van der Waals surface area contributed by atoms with Crippen LogP contribution in [0.15, 0.2) is 11.6 Å². The van der Waals surface area contributed by atoms with E-state index < -0.39 is 0 Å². The van der Waals surface area contributed by atoms with Crippen LogP contribution in [0.1, 0.15) is 34.1 Å². The summed E-state index contributed by atoms with van der Waals surface area (Å²) in [5.74, 6) is 0. The van der Waals surface area contributed by atoms with Gasteiger partial charge in [0.2, 0.25) is 0 Å². The molecule has 0 radical (unpaired) electrons. The largest absolute Gasteiger partial charge is 0.396 e. The molecule has 0 aromatic heterocycles. The number of aliphatic hydroxyl groups is 1. The van der Waals surface area contributed by atoms with Gasteiger partial charge in [-0.3, -0.25) is 0 Å². The molecule has 0 saturated carbocycles. The lowest BCUT2D eigenvalue weighted by atomic mass is 9.87. The molecule has 1 N–H and O–H groups in total. The standard InChI is InChI=1S/C9H18O/c1-5-8(2)6-9(3,4)7-10/h5,10H,6-7H2,1-4H3/b8-5-. The summed E-state index contributed by atoms with van der Waals surface area (Å²) in [6, 6.07) is 0. The normalized spacial score (nSPS) is 13.9. The lowest BCUT2D eigenvalue weighted by molar-refractivity contribution is 0.159. The number of hydrogen-bond donors (Lipinski definition) is 1. The van der Waals surface area contributed by atoms with Gasteiger partial charge in [0.1, 0.15) is 0 Å². The van der Waals surface area contributed by atoms with Gasteiger partial charge in [0, 0.05) is 6.61 Å². The predicted octanol–water partition coefficient (Wildman–Crippen LogP) is 2.36. The first-order chi connectivity index (χ1) is 4.52. The van der Waals surface area contributed by atoms with Gasteiger partial charge in [-0.05, 0) is 25.7 Å². The number of allylic oxidation sites excluding steroid dienone is 2. The maximum Gasteiger partial charge on any atom is 0.0485 e. The Balaban J connectivity index is 3.88. The molecule has 0 unspecified atom stereocenters. The summed E-state index contributed by atoms with van der Waals surface area (Å²) in [7, 11) is 0. The smallest absolute Gasteiger partial charge is 0.0485 e. The van der Waals surface area contributed by atoms with Gasteiger partial charge in [0.25, 0.3) is 0 Å². The highest BCUT2D eigenvalue weighted by molar-refractivity contribution is 4.99. The van der Waals surface area contributed by atoms with Crippen molar-refractivity contribution >= 4 is 0 Å². The summed E-state index contributed by atoms with van der Waals surface area (Å²) in [6.07, 6.45) is 3.08. The van der Waals surface area contributed by atoms with E-state index in [0.29, 0.717) is 0 Å². The molecule has 0 atom stereocenters. The van der Waals surface area contributed by atoms with Crippen molar-refractivity contribution in [2.75, 3.05) is 6.61 Å². The van der Waals surface area contributed by atoms with E-state index in [1.54, 1.807) is 0 Å². The predicted molar refractivity (Wildman–Crippen MR) is 44.9 cm³/mol. The molecular formula is C9H18O. The molecule has 0 aliphatic carbocycles. The zero-order chi connectivity index (χ0) is 8.20. The van der Waals surface area contributed by atoms with Crippen molar-refractivity contribution in [3.05, 3.63) is 11.6 Å². The molecule has 1 heteroatoms. The van der Waals surface area contributed by atoms with Crippen molar-refractivity contribution in [3.63, 3.8) is 0 Å². The van der Waals surface area contributed by atoms with Crippen LogP contribution in [0.2, 0.25) is 0 Å². The summed E-state index contributed by atoms with van der Waals surface area (Å²) in [6.45, 7) is 8.53. The van der Waals surface area contributed by atoms with Crippen LogP contribution in [0.3, 0.4) is 0 Å². The Labute approximate surface area is 63.8 Å². The van der Waals surface area contributed by atoms with Crippen LogP contribution < -0.4 is 0 Å². The van der Waals surface area contributed by atoms with E-state index in [1.807, 2.05) is 6.92 Å². The molecule has 0 spiro atoms. The van der Waals surface area contributed by atoms with Gasteiger partial charge in [-0.15, -0.1) is 0 Å². The summed E-state index contributed by atoms with van der Waals surface area (Å²) in [5.41, 5.74) is 1.40. The molecule has 0 aromatic carbocycles. The Kier molecular flexibility index (Phi) is 3.66. The summed E-state index contributed by atoms with van der Waals surface area (Å²) in [5, 5.41) is 8.91. The lowest BCUT2D eigenvalue weighted by Crippen LogP contribution is -2.16. The van der Waals surface area contributed by atoms with E-state index in [9.17, 15) is 0 Å². The molecule has 0 fully saturated rings. The van der Waals surface area contributed by atoms with Crippen LogP contribution >= 0.6 is 0 Å². The second-order valence-electron chi connectivity index (χ2n) is 3.63. The number of aliphatic hydroxyl groups excluding tert-OH is 1. The molecule has 0 aliphatic heterocycles. The Hall–Kier alpha value is -0.300. The van der Waals surface area contributed by atoms with Crippen molar-refractivity contribution in [1.82, 2.24) is 0 Å². The topological polar surface area (TPSA) is 20.2 Å². The minimum absolute atomic E-state index is 0.0522. The molecule has 0 saturated heterocycles. The molecule has 0 heterocycles. The van der Waals surface area contributed by atoms with E-state index in [2.05, 4.69) is 26.8 Å². The SMILES string of the molecule is C/C=C(/C)CC(C)(C)CO. The van der Waals surface area contributed by atoms with Crippen LogP contribution in [0, 0.1) is 5.41 Å². The summed E-state index contributed by atoms with van der Waals surface area (Å²) in [4.78, 5) is 0. The second-order valence-corrected chi connectivity index (χ2v) is 3.63. The van der Waals surface area contributed by atoms with Gasteiger partial charge in [0.15, 0.2) is 0 Å². The second kappa shape index (κ2) is 3.77. The number of hydrogen-bond acceptors (Lipinski definition) is 1. The van der Waals surface area contributed by atoms with Gasteiger partial charge < -0.3 is 5.11 Å². The fraction of sp³-hybridized carbons (Fsp3) is 0.778. The van der Waals surface area contributed by atoms with Crippen LogP contribution in [0.5, 0.6) is 0 Å². The van der Waals surface area contributed by atoms with Crippen LogP contribution in [0.4, 0.5) is 0 Å². The Morgan fingerprint density at radius 1 is 1.50 bits per heavy atom. The van der Waals surface area contributed by atoms with Gasteiger partial charge >= 0.3 is 0 Å². The monoisotopic (exact) mass is 142 g/mol.